The highest BCUT2D eigenvalue weighted by Crippen LogP contribution is 2.34. The Labute approximate surface area is 123 Å². The average Bonchev–Trinajstić information content (AvgIpc) is 2.38. The summed E-state index contributed by atoms with van der Waals surface area (Å²) in [4.78, 5) is 10.8. The van der Waals surface area contributed by atoms with Crippen molar-refractivity contribution >= 4 is 46.2 Å². The fraction of sp³-hybridized carbons (Fsp3) is 0. The number of hydrogen-bond acceptors (Lipinski definition) is 3. The van der Waals surface area contributed by atoms with Crippen LogP contribution in [0.1, 0.15) is 10.4 Å². The fourth-order valence-electron chi connectivity index (χ4n) is 1.61. The first-order valence-corrected chi connectivity index (χ1v) is 6.19. The number of carboxylic acids is 1. The summed E-state index contributed by atoms with van der Waals surface area (Å²) < 4.78 is 13.6. The highest BCUT2D eigenvalue weighted by atomic mass is 35.5. The molecule has 0 heterocycles. The Morgan fingerprint density at radius 1 is 1.25 bits per heavy atom. The van der Waals surface area contributed by atoms with Crippen LogP contribution in [0.5, 0.6) is 0 Å². The fourth-order valence-corrected chi connectivity index (χ4v) is 1.96. The molecular weight excluding hydrogens is 306 g/mol. The van der Waals surface area contributed by atoms with Crippen molar-refractivity contribution in [3.05, 3.63) is 51.8 Å². The van der Waals surface area contributed by atoms with Crippen molar-refractivity contribution in [1.29, 1.82) is 0 Å². The van der Waals surface area contributed by atoms with E-state index in [0.29, 0.717) is 10.7 Å². The van der Waals surface area contributed by atoms with Crippen molar-refractivity contribution in [3.63, 3.8) is 0 Å². The number of benzene rings is 2. The molecule has 20 heavy (non-hydrogen) atoms. The maximum Gasteiger partial charge on any atom is 0.338 e. The Bertz CT molecular complexity index is 692. The Morgan fingerprint density at radius 3 is 2.60 bits per heavy atom. The van der Waals surface area contributed by atoms with E-state index in [9.17, 15) is 9.18 Å². The van der Waals surface area contributed by atoms with E-state index in [-0.39, 0.29) is 16.4 Å². The number of halogens is 3. The summed E-state index contributed by atoms with van der Waals surface area (Å²) in [5.41, 5.74) is 5.93. The molecule has 0 aliphatic rings. The summed E-state index contributed by atoms with van der Waals surface area (Å²) >= 11 is 11.9. The molecule has 0 aliphatic carbocycles. The third-order valence-corrected chi connectivity index (χ3v) is 3.41. The first-order chi connectivity index (χ1) is 9.40. The Balaban J connectivity index is 2.42. The lowest BCUT2D eigenvalue weighted by atomic mass is 10.1. The Morgan fingerprint density at radius 2 is 1.95 bits per heavy atom. The van der Waals surface area contributed by atoms with Gasteiger partial charge in [0.15, 0.2) is 0 Å². The minimum Gasteiger partial charge on any atom is -0.478 e. The third kappa shape index (κ3) is 2.79. The normalized spacial score (nSPS) is 10.3. The van der Waals surface area contributed by atoms with Gasteiger partial charge in [-0.15, -0.1) is 0 Å². The van der Waals surface area contributed by atoms with Gasteiger partial charge in [0, 0.05) is 6.07 Å². The molecule has 2 rings (SSSR count). The van der Waals surface area contributed by atoms with Crippen molar-refractivity contribution in [2.75, 3.05) is 11.1 Å². The number of hydrogen-bond donors (Lipinski definition) is 3. The second-order valence-corrected chi connectivity index (χ2v) is 4.74. The molecule has 0 fully saturated rings. The molecule has 0 atom stereocenters. The molecule has 0 aliphatic heterocycles. The summed E-state index contributed by atoms with van der Waals surface area (Å²) in [5, 5.41) is 12.2. The number of nitrogen functional groups attached to an aromatic ring is 1. The van der Waals surface area contributed by atoms with Gasteiger partial charge in [-0.25, -0.2) is 9.18 Å². The monoisotopic (exact) mass is 314 g/mol. The lowest BCUT2D eigenvalue weighted by molar-refractivity contribution is 0.0692. The number of rotatable bonds is 3. The standard InChI is InChI=1S/C13H9Cl2FN2O2/c14-7-2-1-3-10(12(7)15)18-11-5-8(16)6(13(19)20)4-9(11)17/h1-5,18H,17H2,(H,19,20). The van der Waals surface area contributed by atoms with Gasteiger partial charge in [0.1, 0.15) is 5.82 Å². The first-order valence-electron chi connectivity index (χ1n) is 5.43. The van der Waals surface area contributed by atoms with Crippen molar-refractivity contribution in [2.45, 2.75) is 0 Å². The largest absolute Gasteiger partial charge is 0.478 e. The molecule has 0 amide bonds. The van der Waals surface area contributed by atoms with Gasteiger partial charge in [0.05, 0.1) is 32.7 Å². The van der Waals surface area contributed by atoms with Gasteiger partial charge in [0.25, 0.3) is 0 Å². The van der Waals surface area contributed by atoms with Crippen LogP contribution in [0.3, 0.4) is 0 Å². The van der Waals surface area contributed by atoms with Crippen LogP contribution >= 0.6 is 23.2 Å². The van der Waals surface area contributed by atoms with Gasteiger partial charge in [-0.2, -0.15) is 0 Å². The molecule has 0 unspecified atom stereocenters. The van der Waals surface area contributed by atoms with Crippen LogP contribution in [0, 0.1) is 5.82 Å². The number of aromatic carboxylic acids is 1. The number of anilines is 3. The predicted molar refractivity (Wildman–Crippen MR) is 77.5 cm³/mol. The van der Waals surface area contributed by atoms with Crippen LogP contribution < -0.4 is 11.1 Å². The second kappa shape index (κ2) is 5.56. The second-order valence-electron chi connectivity index (χ2n) is 3.95. The summed E-state index contributed by atoms with van der Waals surface area (Å²) in [6.07, 6.45) is 0. The molecule has 0 saturated carbocycles. The topological polar surface area (TPSA) is 75.4 Å². The van der Waals surface area contributed by atoms with Gasteiger partial charge in [-0.05, 0) is 18.2 Å². The van der Waals surface area contributed by atoms with Gasteiger partial charge in [-0.1, -0.05) is 29.3 Å². The zero-order valence-corrected chi connectivity index (χ0v) is 11.5. The molecule has 0 radical (unpaired) electrons. The van der Waals surface area contributed by atoms with Crippen LogP contribution in [0.15, 0.2) is 30.3 Å². The Kier molecular flexibility index (Phi) is 4.01. The summed E-state index contributed by atoms with van der Waals surface area (Å²) in [6, 6.07) is 6.94. The molecule has 2 aromatic rings. The van der Waals surface area contributed by atoms with Gasteiger partial charge >= 0.3 is 5.97 Å². The van der Waals surface area contributed by atoms with Gasteiger partial charge < -0.3 is 16.2 Å². The summed E-state index contributed by atoms with van der Waals surface area (Å²) in [7, 11) is 0. The van der Waals surface area contributed by atoms with E-state index in [4.69, 9.17) is 34.0 Å². The summed E-state index contributed by atoms with van der Waals surface area (Å²) in [5.74, 6) is -2.28. The first kappa shape index (κ1) is 14.4. The molecule has 0 aromatic heterocycles. The van der Waals surface area contributed by atoms with E-state index in [0.717, 1.165) is 12.1 Å². The molecular formula is C13H9Cl2FN2O2. The van der Waals surface area contributed by atoms with Crippen LogP contribution in [-0.2, 0) is 0 Å². The SMILES string of the molecule is Nc1cc(C(=O)O)c(F)cc1Nc1cccc(Cl)c1Cl. The maximum atomic E-state index is 13.6. The van der Waals surface area contributed by atoms with Crippen LogP contribution in [0.4, 0.5) is 21.5 Å². The quantitative estimate of drug-likeness (QED) is 0.744. The minimum atomic E-state index is -1.39. The van der Waals surface area contributed by atoms with Crippen LogP contribution in [0.25, 0.3) is 0 Å². The van der Waals surface area contributed by atoms with Crippen LogP contribution in [0.2, 0.25) is 10.0 Å². The van der Waals surface area contributed by atoms with E-state index in [1.807, 2.05) is 0 Å². The number of carboxylic acid groups (broad SMARTS) is 1. The van der Waals surface area contributed by atoms with Crippen molar-refractivity contribution < 1.29 is 14.3 Å². The maximum absolute atomic E-state index is 13.6. The Hall–Kier alpha value is -1.98. The van der Waals surface area contributed by atoms with E-state index < -0.39 is 17.3 Å². The van der Waals surface area contributed by atoms with E-state index in [1.54, 1.807) is 18.2 Å². The van der Waals surface area contributed by atoms with E-state index in [2.05, 4.69) is 5.32 Å². The zero-order chi connectivity index (χ0) is 14.9. The number of carbonyl (C=O) groups is 1. The lowest BCUT2D eigenvalue weighted by Crippen LogP contribution is -2.05. The third-order valence-electron chi connectivity index (χ3n) is 2.59. The zero-order valence-electron chi connectivity index (χ0n) is 9.95. The molecule has 4 nitrogen and oxygen atoms in total. The van der Waals surface area contributed by atoms with E-state index in [1.165, 1.54) is 0 Å². The molecule has 104 valence electrons. The van der Waals surface area contributed by atoms with Gasteiger partial charge in [-0.3, -0.25) is 0 Å². The van der Waals surface area contributed by atoms with Crippen molar-refractivity contribution in [3.8, 4) is 0 Å². The lowest BCUT2D eigenvalue weighted by Gasteiger charge is -2.12. The highest BCUT2D eigenvalue weighted by molar-refractivity contribution is 6.43. The van der Waals surface area contributed by atoms with Crippen molar-refractivity contribution in [1.82, 2.24) is 0 Å². The summed E-state index contributed by atoms with van der Waals surface area (Å²) in [6.45, 7) is 0. The van der Waals surface area contributed by atoms with Gasteiger partial charge in [0.2, 0.25) is 0 Å². The molecule has 0 bridgehead atoms. The number of nitrogens with two attached hydrogens (primary N) is 1. The molecule has 7 heteroatoms. The number of nitrogens with one attached hydrogen (secondary N) is 1. The molecule has 4 N–H and O–H groups in total. The van der Waals surface area contributed by atoms with Crippen molar-refractivity contribution in [2.24, 2.45) is 0 Å². The minimum absolute atomic E-state index is 0.0832. The molecule has 2 aromatic carbocycles. The van der Waals surface area contributed by atoms with Crippen LogP contribution in [-0.4, -0.2) is 11.1 Å². The highest BCUT2D eigenvalue weighted by Gasteiger charge is 2.14. The molecule has 0 spiro atoms. The van der Waals surface area contributed by atoms with E-state index >= 15 is 0 Å². The average molecular weight is 315 g/mol. The predicted octanol–water partition coefficient (Wildman–Crippen LogP) is 4.16. The smallest absolute Gasteiger partial charge is 0.338 e. The molecule has 0 saturated heterocycles.